The van der Waals surface area contributed by atoms with E-state index in [4.69, 9.17) is 5.84 Å². The maximum atomic E-state index is 11.9. The van der Waals surface area contributed by atoms with Crippen molar-refractivity contribution in [2.24, 2.45) is 11.8 Å². The lowest BCUT2D eigenvalue weighted by atomic mass is 9.90. The third-order valence-electron chi connectivity index (χ3n) is 4.45. The SMILES string of the molecule is CC(C)c1c(NN)ncnc1N1CCCC2C(=O)NCC21. The van der Waals surface area contributed by atoms with E-state index in [1.807, 2.05) is 0 Å². The Morgan fingerprint density at radius 3 is 3.00 bits per heavy atom. The van der Waals surface area contributed by atoms with Crippen LogP contribution >= 0.6 is 0 Å². The number of hydrogen-bond acceptors (Lipinski definition) is 6. The molecule has 2 fully saturated rings. The highest BCUT2D eigenvalue weighted by Gasteiger charge is 2.42. The summed E-state index contributed by atoms with van der Waals surface area (Å²) in [5.41, 5.74) is 3.68. The van der Waals surface area contributed by atoms with Gasteiger partial charge >= 0.3 is 0 Å². The fraction of sp³-hybridized carbons (Fsp3) is 0.643. The molecular formula is C14H22N6O. The number of nitrogens with zero attached hydrogens (tertiary/aromatic N) is 3. The molecular weight excluding hydrogens is 268 g/mol. The van der Waals surface area contributed by atoms with Gasteiger partial charge in [0.15, 0.2) is 0 Å². The van der Waals surface area contributed by atoms with Crippen molar-refractivity contribution in [3.63, 3.8) is 0 Å². The molecule has 7 heteroatoms. The molecule has 2 atom stereocenters. The lowest BCUT2D eigenvalue weighted by Gasteiger charge is -2.38. The number of carbonyl (C=O) groups excluding carboxylic acids is 1. The van der Waals surface area contributed by atoms with Crippen LogP contribution in [-0.2, 0) is 4.79 Å². The molecule has 3 rings (SSSR count). The van der Waals surface area contributed by atoms with Crippen molar-refractivity contribution >= 4 is 17.5 Å². The van der Waals surface area contributed by atoms with E-state index in [0.717, 1.165) is 30.8 Å². The first kappa shape index (κ1) is 14.1. The van der Waals surface area contributed by atoms with Gasteiger partial charge in [0, 0.05) is 18.7 Å². The minimum absolute atomic E-state index is 0.0722. The van der Waals surface area contributed by atoms with Crippen LogP contribution in [0.4, 0.5) is 11.6 Å². The van der Waals surface area contributed by atoms with E-state index in [-0.39, 0.29) is 23.8 Å². The van der Waals surface area contributed by atoms with Gasteiger partial charge in [-0.3, -0.25) is 4.79 Å². The van der Waals surface area contributed by atoms with Crippen LogP contribution in [0.3, 0.4) is 0 Å². The van der Waals surface area contributed by atoms with E-state index in [1.54, 1.807) is 0 Å². The summed E-state index contributed by atoms with van der Waals surface area (Å²) < 4.78 is 0. The number of nitrogen functional groups attached to an aromatic ring is 1. The topological polar surface area (TPSA) is 96.2 Å². The van der Waals surface area contributed by atoms with Crippen molar-refractivity contribution in [1.82, 2.24) is 15.3 Å². The smallest absolute Gasteiger partial charge is 0.225 e. The first-order valence-corrected chi connectivity index (χ1v) is 7.49. The maximum Gasteiger partial charge on any atom is 0.225 e. The van der Waals surface area contributed by atoms with Crippen molar-refractivity contribution in [3.05, 3.63) is 11.9 Å². The fourth-order valence-corrected chi connectivity index (χ4v) is 3.48. The largest absolute Gasteiger partial charge is 0.354 e. The molecule has 0 saturated carbocycles. The summed E-state index contributed by atoms with van der Waals surface area (Å²) in [5, 5.41) is 2.97. The van der Waals surface area contributed by atoms with Gasteiger partial charge in [-0.25, -0.2) is 15.8 Å². The van der Waals surface area contributed by atoms with E-state index < -0.39 is 0 Å². The van der Waals surface area contributed by atoms with Crippen LogP contribution in [0.5, 0.6) is 0 Å². The predicted octanol–water partition coefficient (Wildman–Crippen LogP) is 0.600. The first-order chi connectivity index (χ1) is 10.1. The van der Waals surface area contributed by atoms with Crippen LogP contribution in [0, 0.1) is 5.92 Å². The van der Waals surface area contributed by atoms with E-state index in [2.05, 4.69) is 39.5 Å². The first-order valence-electron chi connectivity index (χ1n) is 7.49. The van der Waals surface area contributed by atoms with Crippen LogP contribution in [0.25, 0.3) is 0 Å². The number of anilines is 2. The predicted molar refractivity (Wildman–Crippen MR) is 80.8 cm³/mol. The molecule has 1 aromatic rings. The molecule has 2 aliphatic rings. The number of rotatable bonds is 3. The molecule has 3 heterocycles. The summed E-state index contributed by atoms with van der Waals surface area (Å²) in [6.07, 6.45) is 3.49. The molecule has 0 aromatic carbocycles. The molecule has 2 saturated heterocycles. The minimum Gasteiger partial charge on any atom is -0.354 e. The summed E-state index contributed by atoms with van der Waals surface area (Å²) in [4.78, 5) is 22.9. The Bertz CT molecular complexity index is 546. The van der Waals surface area contributed by atoms with E-state index in [1.165, 1.54) is 6.33 Å². The molecule has 1 amide bonds. The number of hydrazine groups is 1. The summed E-state index contributed by atoms with van der Waals surface area (Å²) in [6, 6.07) is 0.185. The molecule has 114 valence electrons. The van der Waals surface area contributed by atoms with Gasteiger partial charge < -0.3 is 15.6 Å². The third kappa shape index (κ3) is 2.31. The molecule has 0 radical (unpaired) electrons. The zero-order valence-corrected chi connectivity index (χ0v) is 12.5. The minimum atomic E-state index is 0.0722. The number of nitrogens with two attached hydrogens (primary N) is 1. The van der Waals surface area contributed by atoms with Crippen LogP contribution in [0.1, 0.15) is 38.2 Å². The Morgan fingerprint density at radius 1 is 1.48 bits per heavy atom. The van der Waals surface area contributed by atoms with E-state index >= 15 is 0 Å². The average Bonchev–Trinajstić information content (AvgIpc) is 2.88. The van der Waals surface area contributed by atoms with E-state index in [0.29, 0.717) is 12.4 Å². The average molecular weight is 290 g/mol. The molecule has 0 bridgehead atoms. The Hall–Kier alpha value is -1.89. The van der Waals surface area contributed by atoms with E-state index in [9.17, 15) is 4.79 Å². The van der Waals surface area contributed by atoms with Crippen molar-refractivity contribution in [2.75, 3.05) is 23.4 Å². The molecule has 7 nitrogen and oxygen atoms in total. The van der Waals surface area contributed by atoms with Gasteiger partial charge in [-0.15, -0.1) is 0 Å². The zero-order chi connectivity index (χ0) is 15.0. The molecule has 21 heavy (non-hydrogen) atoms. The van der Waals surface area contributed by atoms with Gasteiger partial charge in [-0.1, -0.05) is 13.8 Å². The normalized spacial score (nSPS) is 25.0. The second kappa shape index (κ2) is 5.48. The zero-order valence-electron chi connectivity index (χ0n) is 12.5. The van der Waals surface area contributed by atoms with Gasteiger partial charge in [-0.05, 0) is 18.8 Å². The standard InChI is InChI=1S/C14H22N6O/c1-8(2)11-12(19-15)17-7-18-13(11)20-5-3-4-9-10(20)6-16-14(9)21/h7-10H,3-6,15H2,1-2H3,(H,16,21)(H,17,18,19). The van der Waals surface area contributed by atoms with Crippen LogP contribution in [-0.4, -0.2) is 35.0 Å². The van der Waals surface area contributed by atoms with Crippen molar-refractivity contribution < 1.29 is 4.79 Å². The molecule has 0 spiro atoms. The Balaban J connectivity index is 2.01. The second-order valence-electron chi connectivity index (χ2n) is 6.01. The maximum absolute atomic E-state index is 11.9. The summed E-state index contributed by atoms with van der Waals surface area (Å²) in [5.74, 6) is 7.64. The van der Waals surface area contributed by atoms with Crippen molar-refractivity contribution in [1.29, 1.82) is 0 Å². The second-order valence-corrected chi connectivity index (χ2v) is 6.01. The van der Waals surface area contributed by atoms with Crippen LogP contribution in [0.15, 0.2) is 6.33 Å². The van der Waals surface area contributed by atoms with Gasteiger partial charge in [-0.2, -0.15) is 0 Å². The molecule has 0 aliphatic carbocycles. The number of fused-ring (bicyclic) bond motifs is 1. The summed E-state index contributed by atoms with van der Waals surface area (Å²) >= 11 is 0. The molecule has 4 N–H and O–H groups in total. The number of amides is 1. The van der Waals surface area contributed by atoms with Gasteiger partial charge in [0.2, 0.25) is 5.91 Å². The highest BCUT2D eigenvalue weighted by molar-refractivity contribution is 5.83. The lowest BCUT2D eigenvalue weighted by molar-refractivity contribution is -0.122. The van der Waals surface area contributed by atoms with Gasteiger partial charge in [0.1, 0.15) is 18.0 Å². The molecule has 2 aliphatic heterocycles. The van der Waals surface area contributed by atoms with Crippen molar-refractivity contribution in [2.45, 2.75) is 38.6 Å². The summed E-state index contributed by atoms with van der Waals surface area (Å²) in [6.45, 7) is 5.80. The lowest BCUT2D eigenvalue weighted by Crippen LogP contribution is -2.46. The highest BCUT2D eigenvalue weighted by Crippen LogP contribution is 2.36. The Morgan fingerprint density at radius 2 is 2.29 bits per heavy atom. The van der Waals surface area contributed by atoms with Gasteiger partial charge in [0.25, 0.3) is 0 Å². The quantitative estimate of drug-likeness (QED) is 0.557. The monoisotopic (exact) mass is 290 g/mol. The Labute approximate surface area is 124 Å². The number of nitrogens with one attached hydrogen (secondary N) is 2. The van der Waals surface area contributed by atoms with Gasteiger partial charge in [0.05, 0.1) is 12.0 Å². The molecule has 1 aromatic heterocycles. The van der Waals surface area contributed by atoms with Crippen LogP contribution < -0.4 is 21.5 Å². The summed E-state index contributed by atoms with van der Waals surface area (Å²) in [7, 11) is 0. The third-order valence-corrected chi connectivity index (χ3v) is 4.45. The number of carbonyl (C=O) groups is 1. The number of hydrogen-bond donors (Lipinski definition) is 3. The van der Waals surface area contributed by atoms with Crippen LogP contribution in [0.2, 0.25) is 0 Å². The number of piperidine rings is 1. The molecule has 2 unspecified atom stereocenters. The number of aromatic nitrogens is 2. The fourth-order valence-electron chi connectivity index (χ4n) is 3.48. The Kier molecular flexibility index (Phi) is 3.67. The highest BCUT2D eigenvalue weighted by atomic mass is 16.2. The van der Waals surface area contributed by atoms with Crippen molar-refractivity contribution in [3.8, 4) is 0 Å².